The Morgan fingerprint density at radius 2 is 2.00 bits per heavy atom. The van der Waals surface area contributed by atoms with Crippen LogP contribution in [0.2, 0.25) is 0 Å². The average molecular weight is 356 g/mol. The van der Waals surface area contributed by atoms with Crippen LogP contribution in [0.4, 0.5) is 0 Å². The van der Waals surface area contributed by atoms with Gasteiger partial charge in [0.2, 0.25) is 0 Å². The summed E-state index contributed by atoms with van der Waals surface area (Å²) in [6, 6.07) is 6.05. The molecule has 0 unspecified atom stereocenters. The number of esters is 1. The van der Waals surface area contributed by atoms with Crippen LogP contribution >= 0.6 is 11.3 Å². The molecule has 3 aromatic rings. The van der Waals surface area contributed by atoms with Crippen molar-refractivity contribution in [1.82, 2.24) is 9.38 Å². The van der Waals surface area contributed by atoms with E-state index in [1.54, 1.807) is 25.2 Å². The maximum absolute atomic E-state index is 12.2. The van der Waals surface area contributed by atoms with Gasteiger partial charge in [0, 0.05) is 11.3 Å². The number of aryl methyl sites for hydroxylation is 3. The van der Waals surface area contributed by atoms with Gasteiger partial charge in [0.1, 0.15) is 16.3 Å². The molecule has 3 rings (SSSR count). The van der Waals surface area contributed by atoms with Gasteiger partial charge in [-0.1, -0.05) is 35.1 Å². The van der Waals surface area contributed by atoms with Crippen LogP contribution in [-0.2, 0) is 4.74 Å². The molecular formula is C19H20N2O3S. The molecule has 6 heteroatoms. The summed E-state index contributed by atoms with van der Waals surface area (Å²) in [7, 11) is 0. The molecule has 0 spiro atoms. The lowest BCUT2D eigenvalue weighted by Gasteiger charge is -2.07. The number of benzene rings is 1. The fourth-order valence-electron chi connectivity index (χ4n) is 2.91. The summed E-state index contributed by atoms with van der Waals surface area (Å²) in [6.07, 6.45) is 0.601. The molecule has 0 saturated carbocycles. The fourth-order valence-corrected chi connectivity index (χ4v) is 3.93. The summed E-state index contributed by atoms with van der Waals surface area (Å²) < 4.78 is 7.02. The SMILES string of the molecule is Cc1ccc(-c2nc3sc(C(=O)OC(C)C)c(C)n3c2C=O)c(C)c1. The number of rotatable bonds is 4. The van der Waals surface area contributed by atoms with Crippen LogP contribution in [-0.4, -0.2) is 27.7 Å². The lowest BCUT2D eigenvalue weighted by Crippen LogP contribution is -2.11. The third kappa shape index (κ3) is 2.98. The molecule has 1 aromatic carbocycles. The number of imidazole rings is 1. The Morgan fingerprint density at radius 3 is 2.60 bits per heavy atom. The number of ether oxygens (including phenoxy) is 1. The highest BCUT2D eigenvalue weighted by atomic mass is 32.1. The molecule has 0 saturated heterocycles. The van der Waals surface area contributed by atoms with Crippen LogP contribution < -0.4 is 0 Å². The van der Waals surface area contributed by atoms with Gasteiger partial charge in [-0.2, -0.15) is 0 Å². The first-order valence-corrected chi connectivity index (χ1v) is 8.90. The van der Waals surface area contributed by atoms with E-state index < -0.39 is 0 Å². The number of hydrogen-bond donors (Lipinski definition) is 0. The minimum absolute atomic E-state index is 0.197. The molecular weight excluding hydrogens is 336 g/mol. The van der Waals surface area contributed by atoms with Crippen molar-refractivity contribution < 1.29 is 14.3 Å². The van der Waals surface area contributed by atoms with E-state index in [1.807, 2.05) is 26.0 Å². The maximum Gasteiger partial charge on any atom is 0.350 e. The van der Waals surface area contributed by atoms with E-state index in [1.165, 1.54) is 11.3 Å². The highest BCUT2D eigenvalue weighted by Crippen LogP contribution is 2.32. The molecule has 0 aliphatic rings. The standard InChI is InChI=1S/C19H20N2O3S/c1-10(2)24-18(23)17-13(5)21-15(9-22)16(20-19(21)25-17)14-7-6-11(3)8-12(14)4/h6-10H,1-5H3. The molecule has 0 amide bonds. The summed E-state index contributed by atoms with van der Waals surface area (Å²) in [4.78, 5) is 29.8. The number of aromatic nitrogens is 2. The Morgan fingerprint density at radius 1 is 1.28 bits per heavy atom. The molecule has 0 bridgehead atoms. The highest BCUT2D eigenvalue weighted by molar-refractivity contribution is 7.19. The number of nitrogens with zero attached hydrogens (tertiary/aromatic N) is 2. The quantitative estimate of drug-likeness (QED) is 0.514. The second-order valence-electron chi connectivity index (χ2n) is 6.37. The van der Waals surface area contributed by atoms with E-state index in [0.717, 1.165) is 23.0 Å². The lowest BCUT2D eigenvalue weighted by molar-refractivity contribution is 0.0382. The van der Waals surface area contributed by atoms with E-state index in [-0.39, 0.29) is 12.1 Å². The Hall–Kier alpha value is -2.47. The lowest BCUT2D eigenvalue weighted by atomic mass is 10.0. The van der Waals surface area contributed by atoms with E-state index in [9.17, 15) is 9.59 Å². The summed E-state index contributed by atoms with van der Waals surface area (Å²) >= 11 is 1.25. The van der Waals surface area contributed by atoms with Crippen molar-refractivity contribution in [3.05, 3.63) is 45.6 Å². The molecule has 0 aliphatic heterocycles. The zero-order valence-corrected chi connectivity index (χ0v) is 15.7. The molecule has 2 aromatic heterocycles. The van der Waals surface area contributed by atoms with Gasteiger partial charge in [0.15, 0.2) is 11.2 Å². The van der Waals surface area contributed by atoms with Gasteiger partial charge in [-0.15, -0.1) is 0 Å². The predicted octanol–water partition coefficient (Wildman–Crippen LogP) is 4.37. The summed E-state index contributed by atoms with van der Waals surface area (Å²) in [5.74, 6) is -0.382. The van der Waals surface area contributed by atoms with Crippen molar-refractivity contribution in [3.63, 3.8) is 0 Å². The molecule has 0 radical (unpaired) electrons. The van der Waals surface area contributed by atoms with Gasteiger partial charge < -0.3 is 4.74 Å². The van der Waals surface area contributed by atoms with Crippen LogP contribution in [0.25, 0.3) is 16.2 Å². The summed E-state index contributed by atoms with van der Waals surface area (Å²) in [6.45, 7) is 9.45. The van der Waals surface area contributed by atoms with Gasteiger partial charge in [-0.3, -0.25) is 9.20 Å². The molecule has 5 nitrogen and oxygen atoms in total. The van der Waals surface area contributed by atoms with Crippen LogP contribution in [0, 0.1) is 20.8 Å². The van der Waals surface area contributed by atoms with E-state index in [0.29, 0.717) is 26.9 Å². The molecule has 0 fully saturated rings. The van der Waals surface area contributed by atoms with Crippen LogP contribution in [0.5, 0.6) is 0 Å². The molecule has 25 heavy (non-hydrogen) atoms. The number of aldehydes is 1. The first-order valence-electron chi connectivity index (χ1n) is 8.09. The van der Waals surface area contributed by atoms with Gasteiger partial charge in [-0.25, -0.2) is 9.78 Å². The smallest absolute Gasteiger partial charge is 0.350 e. The monoisotopic (exact) mass is 356 g/mol. The van der Waals surface area contributed by atoms with Crippen LogP contribution in [0.1, 0.15) is 50.8 Å². The summed E-state index contributed by atoms with van der Waals surface area (Å²) in [5.41, 5.74) is 4.92. The number of fused-ring (bicyclic) bond motifs is 1. The van der Waals surface area contributed by atoms with Crippen molar-refractivity contribution in [2.75, 3.05) is 0 Å². The normalized spacial score (nSPS) is 11.3. The van der Waals surface area contributed by atoms with E-state index >= 15 is 0 Å². The van der Waals surface area contributed by atoms with Gasteiger partial charge in [0.25, 0.3) is 0 Å². The first-order chi connectivity index (χ1) is 11.8. The van der Waals surface area contributed by atoms with Gasteiger partial charge >= 0.3 is 5.97 Å². The zero-order valence-electron chi connectivity index (χ0n) is 14.9. The van der Waals surface area contributed by atoms with E-state index in [4.69, 9.17) is 4.74 Å². The number of carbonyl (C=O) groups excluding carboxylic acids is 2. The number of carbonyl (C=O) groups is 2. The Bertz CT molecular complexity index is 982. The van der Waals surface area contributed by atoms with Crippen molar-refractivity contribution in [2.24, 2.45) is 0 Å². The summed E-state index contributed by atoms with van der Waals surface area (Å²) in [5, 5.41) is 0. The molecule has 2 heterocycles. The molecule has 0 N–H and O–H groups in total. The Labute approximate surface area is 150 Å². The minimum atomic E-state index is -0.382. The third-order valence-electron chi connectivity index (χ3n) is 4.02. The molecule has 0 aliphatic carbocycles. The Balaban J connectivity index is 2.18. The van der Waals surface area contributed by atoms with Crippen LogP contribution in [0.15, 0.2) is 18.2 Å². The minimum Gasteiger partial charge on any atom is -0.459 e. The van der Waals surface area contributed by atoms with Gasteiger partial charge in [-0.05, 0) is 40.2 Å². The second-order valence-corrected chi connectivity index (χ2v) is 7.35. The van der Waals surface area contributed by atoms with Crippen molar-refractivity contribution in [1.29, 1.82) is 0 Å². The topological polar surface area (TPSA) is 60.7 Å². The maximum atomic E-state index is 12.2. The van der Waals surface area contributed by atoms with Crippen molar-refractivity contribution in [2.45, 2.75) is 40.7 Å². The third-order valence-corrected chi connectivity index (χ3v) is 5.14. The number of thiazole rings is 1. The first kappa shape index (κ1) is 17.4. The van der Waals surface area contributed by atoms with Crippen molar-refractivity contribution in [3.8, 4) is 11.3 Å². The van der Waals surface area contributed by atoms with Gasteiger partial charge in [0.05, 0.1) is 6.10 Å². The highest BCUT2D eigenvalue weighted by Gasteiger charge is 2.24. The zero-order chi connectivity index (χ0) is 18.3. The molecule has 0 atom stereocenters. The number of hydrogen-bond acceptors (Lipinski definition) is 5. The fraction of sp³-hybridized carbons (Fsp3) is 0.316. The largest absolute Gasteiger partial charge is 0.459 e. The second kappa shape index (κ2) is 6.44. The Kier molecular flexibility index (Phi) is 4.47. The average Bonchev–Trinajstić information content (AvgIpc) is 3.03. The molecule has 130 valence electrons. The predicted molar refractivity (Wildman–Crippen MR) is 98.7 cm³/mol. The van der Waals surface area contributed by atoms with Crippen molar-refractivity contribution >= 4 is 28.6 Å². The van der Waals surface area contributed by atoms with E-state index in [2.05, 4.69) is 11.1 Å². The van der Waals surface area contributed by atoms with Crippen LogP contribution in [0.3, 0.4) is 0 Å².